The lowest BCUT2D eigenvalue weighted by atomic mass is 10.3. The molecule has 2 heterocycles. The molecule has 0 radical (unpaired) electrons. The molecule has 0 saturated heterocycles. The number of nitrogens with zero attached hydrogens (tertiary/aromatic N) is 4. The molecule has 0 aromatic carbocycles. The quantitative estimate of drug-likeness (QED) is 0.327. The molecule has 0 aliphatic heterocycles. The van der Waals surface area contributed by atoms with Crippen molar-refractivity contribution in [2.75, 3.05) is 28.2 Å². The zero-order valence-corrected chi connectivity index (χ0v) is 15.9. The fourth-order valence-corrected chi connectivity index (χ4v) is 2.70. The van der Waals surface area contributed by atoms with Gasteiger partial charge in [-0.2, -0.15) is 0 Å². The Kier molecular flexibility index (Phi) is 6.30. The van der Waals surface area contributed by atoms with Crippen molar-refractivity contribution in [2.45, 2.75) is 6.92 Å². The number of ether oxygens (including phenoxy) is 1. The molecule has 2 rings (SSSR count). The van der Waals surface area contributed by atoms with Gasteiger partial charge in [0.05, 0.1) is 12.5 Å². The number of ketones is 1. The van der Waals surface area contributed by atoms with E-state index in [4.69, 9.17) is 4.74 Å². The summed E-state index contributed by atoms with van der Waals surface area (Å²) in [7, 11) is 7.52. The minimum Gasteiger partial charge on any atom is -0.454 e. The third kappa shape index (κ3) is 5.72. The minimum atomic E-state index is -0.0815. The summed E-state index contributed by atoms with van der Waals surface area (Å²) < 4.78 is 5.86. The van der Waals surface area contributed by atoms with Crippen LogP contribution in [0.4, 0.5) is 5.82 Å². The van der Waals surface area contributed by atoms with E-state index in [1.54, 1.807) is 30.9 Å². The first-order valence-corrected chi connectivity index (χ1v) is 8.50. The smallest absolute Gasteiger partial charge is 0.201 e. The van der Waals surface area contributed by atoms with Crippen LogP contribution in [0.25, 0.3) is 0 Å². The van der Waals surface area contributed by atoms with Crippen LogP contribution in [0.15, 0.2) is 41.7 Å². The Hall–Kier alpha value is -2.67. The van der Waals surface area contributed by atoms with Crippen LogP contribution in [0.5, 0.6) is 11.5 Å². The summed E-state index contributed by atoms with van der Waals surface area (Å²) in [5.74, 6) is 1.62. The maximum Gasteiger partial charge on any atom is 0.201 e. The molecule has 0 fully saturated rings. The van der Waals surface area contributed by atoms with E-state index in [0.717, 1.165) is 4.88 Å². The summed E-state index contributed by atoms with van der Waals surface area (Å²) >= 11 is 1.41. The lowest BCUT2D eigenvalue weighted by molar-refractivity contribution is 0.104. The first-order chi connectivity index (χ1) is 11.8. The highest BCUT2D eigenvalue weighted by Gasteiger charge is 2.15. The molecule has 6 nitrogen and oxygen atoms in total. The summed E-state index contributed by atoms with van der Waals surface area (Å²) in [6, 6.07) is 5.41. The SMILES string of the molecule is Cc1cc(Oc2ccc(N=CN(C)C)nc2)c(C(=O)/C=C/N(C)C)s1. The highest BCUT2D eigenvalue weighted by atomic mass is 32.1. The van der Waals surface area contributed by atoms with Crippen molar-refractivity contribution < 1.29 is 9.53 Å². The van der Waals surface area contributed by atoms with E-state index in [9.17, 15) is 4.79 Å². The van der Waals surface area contributed by atoms with E-state index < -0.39 is 0 Å². The minimum absolute atomic E-state index is 0.0815. The Morgan fingerprint density at radius 3 is 2.60 bits per heavy atom. The van der Waals surface area contributed by atoms with Crippen molar-refractivity contribution >= 4 is 29.3 Å². The number of carbonyl (C=O) groups is 1. The maximum atomic E-state index is 12.4. The Balaban J connectivity index is 2.16. The molecule has 25 heavy (non-hydrogen) atoms. The van der Waals surface area contributed by atoms with Gasteiger partial charge in [-0.1, -0.05) is 0 Å². The molecule has 0 N–H and O–H groups in total. The van der Waals surface area contributed by atoms with Crippen LogP contribution < -0.4 is 4.74 Å². The van der Waals surface area contributed by atoms with E-state index >= 15 is 0 Å². The van der Waals surface area contributed by atoms with Gasteiger partial charge < -0.3 is 14.5 Å². The lowest BCUT2D eigenvalue weighted by Gasteiger charge is -2.06. The van der Waals surface area contributed by atoms with Gasteiger partial charge in [-0.15, -0.1) is 11.3 Å². The highest BCUT2D eigenvalue weighted by Crippen LogP contribution is 2.33. The molecule has 0 spiro atoms. The first kappa shape index (κ1) is 18.7. The molecule has 0 bridgehead atoms. The Labute approximate surface area is 152 Å². The number of aromatic nitrogens is 1. The van der Waals surface area contributed by atoms with Gasteiger partial charge in [0.25, 0.3) is 0 Å². The Morgan fingerprint density at radius 1 is 1.24 bits per heavy atom. The van der Waals surface area contributed by atoms with E-state index in [2.05, 4.69) is 9.98 Å². The fraction of sp³-hybridized carbons (Fsp3) is 0.278. The zero-order chi connectivity index (χ0) is 18.4. The van der Waals surface area contributed by atoms with Crippen LogP contribution in [-0.2, 0) is 0 Å². The van der Waals surface area contributed by atoms with Crippen molar-refractivity contribution in [2.24, 2.45) is 4.99 Å². The van der Waals surface area contributed by atoms with Gasteiger partial charge in [-0.05, 0) is 25.1 Å². The number of pyridine rings is 1. The number of thiophene rings is 1. The number of allylic oxidation sites excluding steroid dienone is 1. The molecular formula is C18H22N4O2S. The van der Waals surface area contributed by atoms with Gasteiger partial charge in [0.1, 0.15) is 16.4 Å². The molecule has 0 aliphatic rings. The van der Waals surface area contributed by atoms with Crippen LogP contribution in [0, 0.1) is 6.92 Å². The van der Waals surface area contributed by atoms with Crippen LogP contribution in [-0.4, -0.2) is 55.1 Å². The van der Waals surface area contributed by atoms with Crippen LogP contribution in [0.1, 0.15) is 14.5 Å². The molecule has 0 atom stereocenters. The topological polar surface area (TPSA) is 58.0 Å². The average molecular weight is 358 g/mol. The third-order valence-electron chi connectivity index (χ3n) is 2.94. The van der Waals surface area contributed by atoms with Gasteiger partial charge in [0, 0.05) is 45.3 Å². The standard InChI is InChI=1S/C18H22N4O2S/c1-13-10-16(18(25-13)15(23)8-9-21(2)3)24-14-6-7-17(19-11-14)20-12-22(4)5/h6-12H,1-5H3/b9-8+,20-12?. The van der Waals surface area contributed by atoms with Crippen LogP contribution in [0.3, 0.4) is 0 Å². The third-order valence-corrected chi connectivity index (χ3v) is 3.98. The van der Waals surface area contributed by atoms with Crippen molar-refractivity contribution in [1.82, 2.24) is 14.8 Å². The average Bonchev–Trinajstić information content (AvgIpc) is 2.92. The largest absolute Gasteiger partial charge is 0.454 e. The van der Waals surface area contributed by atoms with Crippen molar-refractivity contribution in [3.05, 3.63) is 46.4 Å². The Bertz CT molecular complexity index is 777. The second-order valence-electron chi connectivity index (χ2n) is 5.86. The zero-order valence-electron chi connectivity index (χ0n) is 15.1. The van der Waals surface area contributed by atoms with E-state index in [1.807, 2.05) is 51.0 Å². The van der Waals surface area contributed by atoms with Gasteiger partial charge in [-0.25, -0.2) is 9.98 Å². The van der Waals surface area contributed by atoms with E-state index in [0.29, 0.717) is 22.2 Å². The predicted octanol–water partition coefficient (Wildman–Crippen LogP) is 3.72. The molecule has 0 aliphatic carbocycles. The number of hydrogen-bond acceptors (Lipinski definition) is 6. The summed E-state index contributed by atoms with van der Waals surface area (Å²) in [6.07, 6.45) is 6.54. The molecule has 0 saturated carbocycles. The molecule has 7 heteroatoms. The van der Waals surface area contributed by atoms with Gasteiger partial charge in [-0.3, -0.25) is 4.79 Å². The van der Waals surface area contributed by atoms with Gasteiger partial charge in [0.15, 0.2) is 5.82 Å². The van der Waals surface area contributed by atoms with Crippen molar-refractivity contribution in [3.8, 4) is 11.5 Å². The molecular weight excluding hydrogens is 336 g/mol. The summed E-state index contributed by atoms with van der Waals surface area (Å²) in [6.45, 7) is 1.95. The van der Waals surface area contributed by atoms with Gasteiger partial charge in [0.2, 0.25) is 5.78 Å². The van der Waals surface area contributed by atoms with Gasteiger partial charge >= 0.3 is 0 Å². The molecule has 0 amide bonds. The summed E-state index contributed by atoms with van der Waals surface area (Å²) in [5, 5.41) is 0. The van der Waals surface area contributed by atoms with Crippen LogP contribution in [0.2, 0.25) is 0 Å². The number of aliphatic imine (C=N–C) groups is 1. The Morgan fingerprint density at radius 2 is 2.00 bits per heavy atom. The van der Waals surface area contributed by atoms with Crippen LogP contribution >= 0.6 is 11.3 Å². The summed E-state index contributed by atoms with van der Waals surface area (Å²) in [4.78, 5) is 26.0. The van der Waals surface area contributed by atoms with Crippen molar-refractivity contribution in [3.63, 3.8) is 0 Å². The lowest BCUT2D eigenvalue weighted by Crippen LogP contribution is -2.07. The number of rotatable bonds is 7. The molecule has 132 valence electrons. The number of carbonyl (C=O) groups excluding carboxylic acids is 1. The normalized spacial score (nSPS) is 11.2. The monoisotopic (exact) mass is 358 g/mol. The molecule has 2 aromatic rings. The van der Waals surface area contributed by atoms with E-state index in [1.165, 1.54) is 17.4 Å². The maximum absolute atomic E-state index is 12.4. The van der Waals surface area contributed by atoms with Crippen molar-refractivity contribution in [1.29, 1.82) is 0 Å². The highest BCUT2D eigenvalue weighted by molar-refractivity contribution is 7.14. The fourth-order valence-electron chi connectivity index (χ4n) is 1.84. The summed E-state index contributed by atoms with van der Waals surface area (Å²) in [5.41, 5.74) is 0. The predicted molar refractivity (Wildman–Crippen MR) is 102 cm³/mol. The molecule has 2 aromatic heterocycles. The van der Waals surface area contributed by atoms with E-state index in [-0.39, 0.29) is 5.78 Å². The first-order valence-electron chi connectivity index (χ1n) is 7.69. The number of aryl methyl sites for hydroxylation is 1. The molecule has 0 unspecified atom stereocenters. The second-order valence-corrected chi connectivity index (χ2v) is 7.11. The number of hydrogen-bond donors (Lipinski definition) is 0. The second kappa shape index (κ2) is 8.43.